The summed E-state index contributed by atoms with van der Waals surface area (Å²) in [5.74, 6) is -1.23. The fourth-order valence-electron chi connectivity index (χ4n) is 3.32. The molecule has 0 spiro atoms. The second kappa shape index (κ2) is 10.3. The number of anilines is 2. The van der Waals surface area contributed by atoms with Crippen LogP contribution >= 0.6 is 11.6 Å². The number of hydrogen-bond donors (Lipinski definition) is 1. The molecular weight excluding hydrogens is 404 g/mol. The van der Waals surface area contributed by atoms with Gasteiger partial charge in [0, 0.05) is 18.7 Å². The van der Waals surface area contributed by atoms with Crippen LogP contribution in [0, 0.1) is 5.92 Å². The van der Waals surface area contributed by atoms with E-state index in [0.717, 1.165) is 19.3 Å². The number of amides is 2. The number of benzene rings is 2. The molecule has 6 nitrogen and oxygen atoms in total. The maximum absolute atomic E-state index is 12.6. The highest BCUT2D eigenvalue weighted by atomic mass is 35.5. The predicted octanol–water partition coefficient (Wildman–Crippen LogP) is 4.68. The molecule has 1 heterocycles. The Bertz CT molecular complexity index is 914. The molecule has 7 heteroatoms. The molecule has 0 aliphatic carbocycles. The third-order valence-corrected chi connectivity index (χ3v) is 5.33. The zero-order valence-electron chi connectivity index (χ0n) is 16.9. The van der Waals surface area contributed by atoms with E-state index < -0.39 is 5.92 Å². The zero-order valence-corrected chi connectivity index (χ0v) is 17.7. The van der Waals surface area contributed by atoms with Crippen molar-refractivity contribution in [2.75, 3.05) is 23.4 Å². The largest absolute Gasteiger partial charge is 0.462 e. The topological polar surface area (TPSA) is 75.7 Å². The van der Waals surface area contributed by atoms with Gasteiger partial charge in [-0.05, 0) is 42.8 Å². The van der Waals surface area contributed by atoms with Crippen LogP contribution in [0.3, 0.4) is 0 Å². The van der Waals surface area contributed by atoms with Crippen molar-refractivity contribution in [2.45, 2.75) is 32.6 Å². The molecule has 158 valence electrons. The van der Waals surface area contributed by atoms with E-state index in [-0.39, 0.29) is 30.7 Å². The SMILES string of the molecule is CCCCCOC(=O)c1ccc(NC(=O)[C@@H]2CC(=O)N(c3ccccc3Cl)C2)cc1. The number of unbranched alkanes of at least 4 members (excludes halogenated alkanes) is 2. The molecule has 2 aromatic carbocycles. The standard InChI is InChI=1S/C23H25ClN2O4/c1-2-3-6-13-30-23(29)16-9-11-18(12-10-16)25-22(28)17-14-21(27)26(15-17)20-8-5-4-7-19(20)24/h4-5,7-12,17H,2-3,6,13-15H2,1H3,(H,25,28)/t17-/m1/s1. The average Bonchev–Trinajstić information content (AvgIpc) is 3.13. The molecular formula is C23H25ClN2O4. The van der Waals surface area contributed by atoms with Crippen LogP contribution in [0.5, 0.6) is 0 Å². The smallest absolute Gasteiger partial charge is 0.338 e. The molecule has 0 unspecified atom stereocenters. The molecule has 3 rings (SSSR count). The van der Waals surface area contributed by atoms with Gasteiger partial charge >= 0.3 is 5.97 Å². The third kappa shape index (κ3) is 5.39. The number of carbonyl (C=O) groups is 3. The molecule has 1 fully saturated rings. The Morgan fingerprint density at radius 1 is 1.13 bits per heavy atom. The number of hydrogen-bond acceptors (Lipinski definition) is 4. The van der Waals surface area contributed by atoms with E-state index in [1.54, 1.807) is 53.4 Å². The first kappa shape index (κ1) is 21.8. The fraction of sp³-hybridized carbons (Fsp3) is 0.348. The van der Waals surface area contributed by atoms with E-state index in [2.05, 4.69) is 12.2 Å². The quantitative estimate of drug-likeness (QED) is 0.489. The molecule has 0 radical (unpaired) electrons. The highest BCUT2D eigenvalue weighted by Gasteiger charge is 2.35. The summed E-state index contributed by atoms with van der Waals surface area (Å²) in [5.41, 5.74) is 1.61. The lowest BCUT2D eigenvalue weighted by molar-refractivity contribution is -0.122. The molecule has 1 atom stereocenters. The number of para-hydroxylation sites is 1. The third-order valence-electron chi connectivity index (χ3n) is 5.01. The second-order valence-corrected chi connectivity index (χ2v) is 7.67. The van der Waals surface area contributed by atoms with E-state index in [1.165, 1.54) is 0 Å². The highest BCUT2D eigenvalue weighted by Crippen LogP contribution is 2.31. The summed E-state index contributed by atoms with van der Waals surface area (Å²) in [6.07, 6.45) is 3.06. The predicted molar refractivity (Wildman–Crippen MR) is 117 cm³/mol. The van der Waals surface area contributed by atoms with Crippen molar-refractivity contribution in [3.05, 3.63) is 59.1 Å². The number of rotatable bonds is 8. The van der Waals surface area contributed by atoms with E-state index in [1.807, 2.05) is 0 Å². The van der Waals surface area contributed by atoms with E-state index in [4.69, 9.17) is 16.3 Å². The number of carbonyl (C=O) groups excluding carboxylic acids is 3. The second-order valence-electron chi connectivity index (χ2n) is 7.27. The number of ether oxygens (including phenoxy) is 1. The molecule has 1 saturated heterocycles. The van der Waals surface area contributed by atoms with Crippen LogP contribution in [0.1, 0.15) is 43.0 Å². The number of nitrogens with zero attached hydrogens (tertiary/aromatic N) is 1. The minimum absolute atomic E-state index is 0.124. The van der Waals surface area contributed by atoms with Crippen LogP contribution in [0.25, 0.3) is 0 Å². The van der Waals surface area contributed by atoms with Crippen LogP contribution < -0.4 is 10.2 Å². The first-order valence-corrected chi connectivity index (χ1v) is 10.5. The van der Waals surface area contributed by atoms with Gasteiger partial charge in [0.15, 0.2) is 0 Å². The summed E-state index contributed by atoms with van der Waals surface area (Å²) in [4.78, 5) is 38.6. The zero-order chi connectivity index (χ0) is 21.5. The maximum Gasteiger partial charge on any atom is 0.338 e. The molecule has 0 saturated carbocycles. The molecule has 1 aliphatic rings. The van der Waals surface area contributed by atoms with Crippen molar-refractivity contribution in [3.63, 3.8) is 0 Å². The Hall–Kier alpha value is -2.86. The Morgan fingerprint density at radius 3 is 2.57 bits per heavy atom. The molecule has 1 aliphatic heterocycles. The molecule has 2 amide bonds. The van der Waals surface area contributed by atoms with Crippen LogP contribution in [-0.2, 0) is 14.3 Å². The summed E-state index contributed by atoms with van der Waals surface area (Å²) in [5, 5.41) is 3.29. The van der Waals surface area contributed by atoms with Crippen LogP contribution in [0.4, 0.5) is 11.4 Å². The van der Waals surface area contributed by atoms with Gasteiger partial charge in [0.1, 0.15) is 0 Å². The van der Waals surface area contributed by atoms with E-state index in [0.29, 0.717) is 28.6 Å². The van der Waals surface area contributed by atoms with Crippen LogP contribution in [0.15, 0.2) is 48.5 Å². The van der Waals surface area contributed by atoms with Crippen molar-refractivity contribution in [2.24, 2.45) is 5.92 Å². The highest BCUT2D eigenvalue weighted by molar-refractivity contribution is 6.33. The van der Waals surface area contributed by atoms with Gasteiger partial charge < -0.3 is 15.0 Å². The van der Waals surface area contributed by atoms with Gasteiger partial charge in [-0.15, -0.1) is 0 Å². The molecule has 1 N–H and O–H groups in total. The Balaban J connectivity index is 1.55. The van der Waals surface area contributed by atoms with E-state index in [9.17, 15) is 14.4 Å². The van der Waals surface area contributed by atoms with Gasteiger partial charge in [-0.25, -0.2) is 4.79 Å². The number of halogens is 1. The summed E-state index contributed by atoms with van der Waals surface area (Å²) >= 11 is 6.18. The van der Waals surface area contributed by atoms with Crippen molar-refractivity contribution < 1.29 is 19.1 Å². The number of esters is 1. The summed E-state index contributed by atoms with van der Waals surface area (Å²) in [6, 6.07) is 13.6. The maximum atomic E-state index is 12.6. The van der Waals surface area contributed by atoms with Crippen molar-refractivity contribution in [1.29, 1.82) is 0 Å². The Morgan fingerprint density at radius 2 is 1.87 bits per heavy atom. The summed E-state index contributed by atoms with van der Waals surface area (Å²) in [7, 11) is 0. The van der Waals surface area contributed by atoms with E-state index >= 15 is 0 Å². The van der Waals surface area contributed by atoms with Gasteiger partial charge in [-0.1, -0.05) is 43.5 Å². The van der Waals surface area contributed by atoms with Crippen LogP contribution in [-0.4, -0.2) is 30.9 Å². The van der Waals surface area contributed by atoms with Gasteiger partial charge in [0.25, 0.3) is 0 Å². The monoisotopic (exact) mass is 428 g/mol. The first-order valence-electron chi connectivity index (χ1n) is 10.1. The molecule has 0 aromatic heterocycles. The van der Waals surface area contributed by atoms with Crippen molar-refractivity contribution in [1.82, 2.24) is 0 Å². The van der Waals surface area contributed by atoms with Gasteiger partial charge in [-0.3, -0.25) is 9.59 Å². The summed E-state index contributed by atoms with van der Waals surface area (Å²) < 4.78 is 5.23. The minimum atomic E-state index is -0.475. The molecule has 30 heavy (non-hydrogen) atoms. The lowest BCUT2D eigenvalue weighted by atomic mass is 10.1. The lowest BCUT2D eigenvalue weighted by Gasteiger charge is -2.18. The normalized spacial score (nSPS) is 15.9. The fourth-order valence-corrected chi connectivity index (χ4v) is 3.56. The Labute approximate surface area is 181 Å². The van der Waals surface area contributed by atoms with Gasteiger partial charge in [0.2, 0.25) is 11.8 Å². The first-order chi connectivity index (χ1) is 14.5. The molecule has 0 bridgehead atoms. The summed E-state index contributed by atoms with van der Waals surface area (Å²) in [6.45, 7) is 2.77. The van der Waals surface area contributed by atoms with Gasteiger partial charge in [-0.2, -0.15) is 0 Å². The average molecular weight is 429 g/mol. The van der Waals surface area contributed by atoms with Crippen molar-refractivity contribution in [3.8, 4) is 0 Å². The Kier molecular flexibility index (Phi) is 7.46. The van der Waals surface area contributed by atoms with Gasteiger partial charge in [0.05, 0.1) is 28.8 Å². The van der Waals surface area contributed by atoms with Crippen molar-refractivity contribution >= 4 is 40.8 Å². The van der Waals surface area contributed by atoms with Crippen LogP contribution in [0.2, 0.25) is 5.02 Å². The minimum Gasteiger partial charge on any atom is -0.462 e. The number of nitrogens with one attached hydrogen (secondary N) is 1. The lowest BCUT2D eigenvalue weighted by Crippen LogP contribution is -2.28. The molecule has 2 aromatic rings.